The van der Waals surface area contributed by atoms with Crippen LogP contribution in [0.3, 0.4) is 0 Å². The average molecular weight is 263 g/mol. The first kappa shape index (κ1) is 11.5. The van der Waals surface area contributed by atoms with E-state index in [0.717, 1.165) is 16.3 Å². The maximum absolute atomic E-state index is 12.2. The van der Waals surface area contributed by atoms with Crippen molar-refractivity contribution in [2.45, 2.75) is 11.3 Å². The first-order chi connectivity index (χ1) is 8.57. The van der Waals surface area contributed by atoms with Gasteiger partial charge in [0.15, 0.2) is 0 Å². The number of aliphatic hydroxyl groups is 1. The van der Waals surface area contributed by atoms with Gasteiger partial charge >= 0.3 is 0 Å². The molecule has 0 saturated heterocycles. The van der Waals surface area contributed by atoms with Crippen LogP contribution in [0.15, 0.2) is 35.2 Å². The molecule has 0 spiro atoms. The SMILES string of the molecule is CN1c2cccc3c(CCO)ccc(c23)S1(=O)=O. The van der Waals surface area contributed by atoms with Gasteiger partial charge in [-0.15, -0.1) is 0 Å². The lowest BCUT2D eigenvalue weighted by Gasteiger charge is -2.10. The largest absolute Gasteiger partial charge is 0.396 e. The van der Waals surface area contributed by atoms with Crippen molar-refractivity contribution >= 4 is 26.5 Å². The molecule has 4 nitrogen and oxygen atoms in total. The van der Waals surface area contributed by atoms with E-state index < -0.39 is 10.0 Å². The molecular formula is C13H13NO3S. The number of anilines is 1. The topological polar surface area (TPSA) is 57.6 Å². The monoisotopic (exact) mass is 263 g/mol. The van der Waals surface area contributed by atoms with Gasteiger partial charge in [0.1, 0.15) is 0 Å². The molecule has 1 aliphatic rings. The van der Waals surface area contributed by atoms with E-state index in [1.807, 2.05) is 12.1 Å². The second-order valence-electron chi connectivity index (χ2n) is 4.37. The van der Waals surface area contributed by atoms with Crippen LogP contribution in [-0.2, 0) is 16.4 Å². The first-order valence-corrected chi connectivity index (χ1v) is 7.16. The van der Waals surface area contributed by atoms with Crippen molar-refractivity contribution in [1.82, 2.24) is 0 Å². The van der Waals surface area contributed by atoms with E-state index in [1.165, 1.54) is 4.31 Å². The van der Waals surface area contributed by atoms with Crippen molar-refractivity contribution in [2.75, 3.05) is 18.0 Å². The number of benzene rings is 2. The van der Waals surface area contributed by atoms with Gasteiger partial charge in [-0.3, -0.25) is 4.31 Å². The highest BCUT2D eigenvalue weighted by Gasteiger charge is 2.33. The second kappa shape index (κ2) is 3.70. The third-order valence-electron chi connectivity index (χ3n) is 3.43. The molecule has 0 unspecified atom stereocenters. The van der Waals surface area contributed by atoms with Gasteiger partial charge in [-0.25, -0.2) is 8.42 Å². The number of aliphatic hydroxyl groups excluding tert-OH is 1. The molecule has 0 aromatic heterocycles. The van der Waals surface area contributed by atoms with E-state index in [1.54, 1.807) is 25.2 Å². The highest BCUT2D eigenvalue weighted by Crippen LogP contribution is 2.42. The van der Waals surface area contributed by atoms with Crippen molar-refractivity contribution in [1.29, 1.82) is 0 Å². The number of rotatable bonds is 2. The summed E-state index contributed by atoms with van der Waals surface area (Å²) in [7, 11) is -1.83. The highest BCUT2D eigenvalue weighted by atomic mass is 32.2. The van der Waals surface area contributed by atoms with Gasteiger partial charge in [0, 0.05) is 19.0 Å². The third-order valence-corrected chi connectivity index (χ3v) is 5.24. The van der Waals surface area contributed by atoms with Crippen molar-refractivity contribution in [3.8, 4) is 0 Å². The van der Waals surface area contributed by atoms with Crippen LogP contribution in [0.4, 0.5) is 5.69 Å². The van der Waals surface area contributed by atoms with Crippen molar-refractivity contribution < 1.29 is 13.5 Å². The molecule has 5 heteroatoms. The molecule has 0 amide bonds. The summed E-state index contributed by atoms with van der Waals surface area (Å²) < 4.78 is 25.7. The summed E-state index contributed by atoms with van der Waals surface area (Å²) in [5.74, 6) is 0. The fourth-order valence-corrected chi connectivity index (χ4v) is 3.93. The fraction of sp³-hybridized carbons (Fsp3) is 0.231. The van der Waals surface area contributed by atoms with Crippen LogP contribution in [0.1, 0.15) is 5.56 Å². The predicted molar refractivity (Wildman–Crippen MR) is 70.3 cm³/mol. The smallest absolute Gasteiger partial charge is 0.264 e. The number of hydrogen-bond acceptors (Lipinski definition) is 3. The van der Waals surface area contributed by atoms with E-state index in [4.69, 9.17) is 5.11 Å². The lowest BCUT2D eigenvalue weighted by molar-refractivity contribution is 0.300. The van der Waals surface area contributed by atoms with Crippen LogP contribution >= 0.6 is 0 Å². The Hall–Kier alpha value is -1.59. The van der Waals surface area contributed by atoms with Crippen LogP contribution in [-0.4, -0.2) is 27.2 Å². The molecule has 3 rings (SSSR count). The molecule has 0 radical (unpaired) electrons. The molecular weight excluding hydrogens is 250 g/mol. The van der Waals surface area contributed by atoms with E-state index in [9.17, 15) is 8.42 Å². The zero-order valence-electron chi connectivity index (χ0n) is 9.92. The van der Waals surface area contributed by atoms with Crippen LogP contribution in [0.25, 0.3) is 10.8 Å². The molecule has 1 aliphatic heterocycles. The molecule has 0 atom stereocenters. The molecule has 0 aliphatic carbocycles. The van der Waals surface area contributed by atoms with E-state index in [2.05, 4.69) is 0 Å². The summed E-state index contributed by atoms with van der Waals surface area (Å²) in [6.45, 7) is 0.0568. The van der Waals surface area contributed by atoms with Gasteiger partial charge in [-0.2, -0.15) is 0 Å². The zero-order chi connectivity index (χ0) is 12.9. The Labute approximate surface area is 106 Å². The first-order valence-electron chi connectivity index (χ1n) is 5.72. The van der Waals surface area contributed by atoms with Crippen molar-refractivity contribution in [3.63, 3.8) is 0 Å². The fourth-order valence-electron chi connectivity index (χ4n) is 2.51. The van der Waals surface area contributed by atoms with Gasteiger partial charge in [0.25, 0.3) is 10.0 Å². The molecule has 94 valence electrons. The van der Waals surface area contributed by atoms with Gasteiger partial charge in [0.2, 0.25) is 0 Å². The zero-order valence-corrected chi connectivity index (χ0v) is 10.7. The summed E-state index contributed by atoms with van der Waals surface area (Å²) in [5.41, 5.74) is 1.69. The Morgan fingerprint density at radius 3 is 2.72 bits per heavy atom. The molecule has 0 fully saturated rings. The van der Waals surface area contributed by atoms with Gasteiger partial charge in [-0.05, 0) is 29.5 Å². The van der Waals surface area contributed by atoms with Gasteiger partial charge in [0.05, 0.1) is 10.6 Å². The van der Waals surface area contributed by atoms with Crippen LogP contribution in [0, 0.1) is 0 Å². The minimum atomic E-state index is -3.40. The minimum absolute atomic E-state index is 0.0568. The summed E-state index contributed by atoms with van der Waals surface area (Å²) >= 11 is 0. The standard InChI is InChI=1S/C13H13NO3S/c1-14-11-4-2-3-10-9(7-8-15)5-6-12(13(10)11)18(14,16)17/h2-6,15H,7-8H2,1H3. The van der Waals surface area contributed by atoms with Crippen molar-refractivity contribution in [2.24, 2.45) is 0 Å². The Bertz CT molecular complexity index is 737. The maximum Gasteiger partial charge on any atom is 0.264 e. The lowest BCUT2D eigenvalue weighted by atomic mass is 10.0. The Kier molecular flexibility index (Phi) is 2.36. The summed E-state index contributed by atoms with van der Waals surface area (Å²) in [6, 6.07) is 8.98. The predicted octanol–water partition coefficient (Wildman–Crippen LogP) is 1.51. The average Bonchev–Trinajstić information content (AvgIpc) is 2.55. The summed E-state index contributed by atoms with van der Waals surface area (Å²) in [6.07, 6.45) is 0.532. The number of sulfonamides is 1. The normalized spacial score (nSPS) is 16.4. The van der Waals surface area contributed by atoms with Crippen molar-refractivity contribution in [3.05, 3.63) is 35.9 Å². The Morgan fingerprint density at radius 1 is 1.22 bits per heavy atom. The summed E-state index contributed by atoms with van der Waals surface area (Å²) in [4.78, 5) is 0.359. The Morgan fingerprint density at radius 2 is 2.00 bits per heavy atom. The lowest BCUT2D eigenvalue weighted by Crippen LogP contribution is -2.21. The quantitative estimate of drug-likeness (QED) is 0.893. The molecule has 0 bridgehead atoms. The molecule has 1 N–H and O–H groups in total. The molecule has 2 aromatic rings. The second-order valence-corrected chi connectivity index (χ2v) is 6.31. The van der Waals surface area contributed by atoms with E-state index in [-0.39, 0.29) is 6.61 Å². The molecule has 1 heterocycles. The van der Waals surface area contributed by atoms with E-state index in [0.29, 0.717) is 17.0 Å². The highest BCUT2D eigenvalue weighted by molar-refractivity contribution is 7.93. The van der Waals surface area contributed by atoms with E-state index >= 15 is 0 Å². The van der Waals surface area contributed by atoms with Crippen LogP contribution < -0.4 is 4.31 Å². The number of hydrogen-bond donors (Lipinski definition) is 1. The van der Waals surface area contributed by atoms with Crippen LogP contribution in [0.2, 0.25) is 0 Å². The van der Waals surface area contributed by atoms with Gasteiger partial charge in [-0.1, -0.05) is 18.2 Å². The number of nitrogens with zero attached hydrogens (tertiary/aromatic N) is 1. The summed E-state index contributed by atoms with van der Waals surface area (Å²) in [5, 5.41) is 10.7. The molecule has 0 saturated carbocycles. The third kappa shape index (κ3) is 1.31. The Balaban J connectivity index is 2.45. The molecule has 18 heavy (non-hydrogen) atoms. The molecule has 2 aromatic carbocycles. The minimum Gasteiger partial charge on any atom is -0.396 e. The van der Waals surface area contributed by atoms with Crippen LogP contribution in [0.5, 0.6) is 0 Å². The van der Waals surface area contributed by atoms with Gasteiger partial charge < -0.3 is 5.11 Å². The maximum atomic E-state index is 12.2.